The lowest BCUT2D eigenvalue weighted by Crippen LogP contribution is -2.33. The maximum Gasteiger partial charge on any atom is 0.263 e. The molecule has 0 aliphatic carbocycles. The number of anilines is 1. The number of nitrogens with one attached hydrogen (secondary N) is 1. The highest BCUT2D eigenvalue weighted by Crippen LogP contribution is 2.52. The molecule has 1 amide bonds. The lowest BCUT2D eigenvalue weighted by Gasteiger charge is -2.14. The summed E-state index contributed by atoms with van der Waals surface area (Å²) in [6, 6.07) is 18.9. The number of nitrogens with zero attached hydrogens (tertiary/aromatic N) is 1. The van der Waals surface area contributed by atoms with Crippen LogP contribution in [0.2, 0.25) is 5.02 Å². The molecular formula is C25H22ClFN2O4S. The normalized spacial score (nSPS) is 22.1. The number of carbonyl (C=O) groups is 1. The minimum atomic E-state index is -3.57. The van der Waals surface area contributed by atoms with Gasteiger partial charge in [-0.2, -0.15) is 4.31 Å². The molecule has 9 heteroatoms. The van der Waals surface area contributed by atoms with Gasteiger partial charge in [-0.25, -0.2) is 12.8 Å². The fraction of sp³-hybridized carbons (Fsp3) is 0.240. The maximum absolute atomic E-state index is 14.1. The van der Waals surface area contributed by atoms with Crippen LogP contribution in [0.5, 0.6) is 5.75 Å². The molecule has 2 heterocycles. The molecule has 34 heavy (non-hydrogen) atoms. The van der Waals surface area contributed by atoms with E-state index in [1.54, 1.807) is 12.1 Å². The number of fused-ring (bicyclic) bond motifs is 1. The van der Waals surface area contributed by atoms with Crippen molar-refractivity contribution < 1.29 is 22.3 Å². The summed E-state index contributed by atoms with van der Waals surface area (Å²) in [5, 5.41) is 3.39. The number of sulfonamides is 1. The molecule has 0 saturated carbocycles. The van der Waals surface area contributed by atoms with E-state index in [0.29, 0.717) is 48.0 Å². The Balaban J connectivity index is 1.32. The summed E-state index contributed by atoms with van der Waals surface area (Å²) >= 11 is 5.92. The van der Waals surface area contributed by atoms with Crippen LogP contribution in [0.25, 0.3) is 0 Å². The van der Waals surface area contributed by atoms with Crippen molar-refractivity contribution in [3.8, 4) is 5.75 Å². The number of hydrogen-bond donors (Lipinski definition) is 1. The molecule has 2 fully saturated rings. The van der Waals surface area contributed by atoms with Gasteiger partial charge in [-0.15, -0.1) is 0 Å². The molecule has 3 aromatic carbocycles. The van der Waals surface area contributed by atoms with Crippen molar-refractivity contribution in [2.75, 3.05) is 11.9 Å². The lowest BCUT2D eigenvalue weighted by molar-refractivity contribution is -0.118. The fourth-order valence-electron chi connectivity index (χ4n) is 4.46. The second kappa shape index (κ2) is 8.69. The predicted octanol–water partition coefficient (Wildman–Crippen LogP) is 4.72. The Labute approximate surface area is 202 Å². The Bertz CT molecular complexity index is 1360. The van der Waals surface area contributed by atoms with Gasteiger partial charge in [0.05, 0.1) is 0 Å². The van der Waals surface area contributed by atoms with Gasteiger partial charge in [0.2, 0.25) is 14.9 Å². The van der Waals surface area contributed by atoms with E-state index in [2.05, 4.69) is 5.32 Å². The minimum Gasteiger partial charge on any atom is -0.489 e. The summed E-state index contributed by atoms with van der Waals surface area (Å²) in [4.78, 5) is 11.4. The Morgan fingerprint density at radius 2 is 1.88 bits per heavy atom. The molecule has 1 N–H and O–H groups in total. The Hall–Kier alpha value is -2.94. The van der Waals surface area contributed by atoms with E-state index in [0.717, 1.165) is 11.1 Å². The minimum absolute atomic E-state index is 0.269. The molecule has 2 aliphatic rings. The summed E-state index contributed by atoms with van der Waals surface area (Å²) in [6.07, 6.45) is 1.24. The average molecular weight is 501 g/mol. The van der Waals surface area contributed by atoms with E-state index < -0.39 is 26.6 Å². The molecule has 6 nitrogen and oxygen atoms in total. The van der Waals surface area contributed by atoms with Crippen molar-refractivity contribution in [1.82, 2.24) is 4.31 Å². The van der Waals surface area contributed by atoms with Gasteiger partial charge in [-0.3, -0.25) is 4.79 Å². The quantitative estimate of drug-likeness (QED) is 0.476. The Morgan fingerprint density at radius 3 is 2.62 bits per heavy atom. The monoisotopic (exact) mass is 500 g/mol. The van der Waals surface area contributed by atoms with E-state index >= 15 is 0 Å². The van der Waals surface area contributed by atoms with Crippen molar-refractivity contribution in [2.45, 2.75) is 30.7 Å². The molecule has 3 aromatic rings. The summed E-state index contributed by atoms with van der Waals surface area (Å²) < 4.78 is 45.7. The van der Waals surface area contributed by atoms with Gasteiger partial charge < -0.3 is 10.1 Å². The van der Waals surface area contributed by atoms with Crippen molar-refractivity contribution in [3.05, 3.63) is 94.3 Å². The summed E-state index contributed by atoms with van der Waals surface area (Å²) in [7, 11) is -3.57. The molecule has 0 bridgehead atoms. The first kappa shape index (κ1) is 22.8. The second-order valence-corrected chi connectivity index (χ2v) is 11.0. The SMILES string of the molecule is O=C(Nc1ccc(F)cc1Cc1cccc(OCc2ccc(Cl)cc2)c1)[C@@]12CCCN1S2(=O)=O. The first-order valence-electron chi connectivity index (χ1n) is 10.9. The standard InChI is InChI=1S/C25H22ClFN2O4S/c26-20-7-5-17(6-8-20)16-33-22-4-1-3-18(14-22)13-19-15-21(27)9-10-23(19)28-24(30)25-11-2-12-29(25)34(25,31)32/h1,3-10,14-15H,2,11-13,16H2,(H,28,30)/t25-,29?/m0/s1. The van der Waals surface area contributed by atoms with Crippen LogP contribution in [0.3, 0.4) is 0 Å². The van der Waals surface area contributed by atoms with Crippen LogP contribution in [0.15, 0.2) is 66.7 Å². The number of carbonyl (C=O) groups excluding carboxylic acids is 1. The number of hydrogen-bond acceptors (Lipinski definition) is 4. The highest BCUT2D eigenvalue weighted by Gasteiger charge is 2.77. The van der Waals surface area contributed by atoms with Gasteiger partial charge in [-0.05, 0) is 78.4 Å². The number of benzene rings is 3. The third-order valence-corrected chi connectivity index (χ3v) is 8.86. The summed E-state index contributed by atoms with van der Waals surface area (Å²) in [6.45, 7) is 0.726. The van der Waals surface area contributed by atoms with E-state index in [4.69, 9.17) is 16.3 Å². The van der Waals surface area contributed by atoms with Crippen LogP contribution >= 0.6 is 11.6 Å². The van der Waals surface area contributed by atoms with Crippen LogP contribution in [-0.4, -0.2) is 30.0 Å². The molecule has 0 spiro atoms. The third kappa shape index (κ3) is 4.06. The van der Waals surface area contributed by atoms with Gasteiger partial charge in [0.25, 0.3) is 5.91 Å². The van der Waals surface area contributed by atoms with Gasteiger partial charge in [0.15, 0.2) is 0 Å². The highest BCUT2D eigenvalue weighted by molar-refractivity contribution is 7.98. The zero-order chi connectivity index (χ0) is 23.9. The van der Waals surface area contributed by atoms with Crippen LogP contribution in [0.1, 0.15) is 29.5 Å². The van der Waals surface area contributed by atoms with Crippen LogP contribution in [0.4, 0.5) is 10.1 Å². The molecular weight excluding hydrogens is 479 g/mol. The predicted molar refractivity (Wildman–Crippen MR) is 128 cm³/mol. The summed E-state index contributed by atoms with van der Waals surface area (Å²) in [5.74, 6) is -0.375. The van der Waals surface area contributed by atoms with Gasteiger partial charge in [-0.1, -0.05) is 35.9 Å². The molecule has 2 atom stereocenters. The molecule has 0 radical (unpaired) electrons. The van der Waals surface area contributed by atoms with E-state index in [9.17, 15) is 17.6 Å². The van der Waals surface area contributed by atoms with Crippen molar-refractivity contribution >= 4 is 33.2 Å². The van der Waals surface area contributed by atoms with Crippen LogP contribution in [0, 0.1) is 5.82 Å². The molecule has 176 valence electrons. The molecule has 5 rings (SSSR count). The van der Waals surface area contributed by atoms with Crippen molar-refractivity contribution in [2.24, 2.45) is 0 Å². The first-order chi connectivity index (χ1) is 16.3. The zero-order valence-electron chi connectivity index (χ0n) is 18.1. The largest absolute Gasteiger partial charge is 0.489 e. The van der Waals surface area contributed by atoms with Crippen LogP contribution in [-0.2, 0) is 27.8 Å². The Kier molecular flexibility index (Phi) is 5.83. The summed E-state index contributed by atoms with van der Waals surface area (Å²) in [5.41, 5.74) is 2.76. The van der Waals surface area contributed by atoms with Crippen molar-refractivity contribution in [3.63, 3.8) is 0 Å². The number of ether oxygens (including phenoxy) is 1. The fourth-order valence-corrected chi connectivity index (χ4v) is 6.76. The van der Waals surface area contributed by atoms with Crippen LogP contribution < -0.4 is 10.1 Å². The van der Waals surface area contributed by atoms with Gasteiger partial charge in [0, 0.05) is 17.3 Å². The smallest absolute Gasteiger partial charge is 0.263 e. The maximum atomic E-state index is 14.1. The number of amides is 1. The van der Waals surface area contributed by atoms with E-state index in [1.807, 2.05) is 36.4 Å². The van der Waals surface area contributed by atoms with Gasteiger partial charge in [0.1, 0.15) is 18.2 Å². The molecule has 2 saturated heterocycles. The molecule has 0 aromatic heterocycles. The first-order valence-corrected chi connectivity index (χ1v) is 12.7. The van der Waals surface area contributed by atoms with Crippen molar-refractivity contribution in [1.29, 1.82) is 0 Å². The third-order valence-electron chi connectivity index (χ3n) is 6.25. The lowest BCUT2D eigenvalue weighted by atomic mass is 10.0. The topological polar surface area (TPSA) is 75.5 Å². The van der Waals surface area contributed by atoms with E-state index in [-0.39, 0.29) is 6.42 Å². The molecule has 1 unspecified atom stereocenters. The Morgan fingerprint density at radius 1 is 1.09 bits per heavy atom. The highest BCUT2D eigenvalue weighted by atomic mass is 35.5. The zero-order valence-corrected chi connectivity index (χ0v) is 19.7. The van der Waals surface area contributed by atoms with E-state index in [1.165, 1.54) is 22.5 Å². The number of rotatable bonds is 7. The second-order valence-electron chi connectivity index (χ2n) is 8.46. The number of halogens is 2. The average Bonchev–Trinajstić information content (AvgIpc) is 3.12. The molecule has 2 aliphatic heterocycles. The van der Waals surface area contributed by atoms with Gasteiger partial charge >= 0.3 is 0 Å².